The normalized spacial score (nSPS) is 15.8. The molecule has 0 bridgehead atoms. The van der Waals surface area contributed by atoms with Gasteiger partial charge in [0.25, 0.3) is 5.56 Å². The molecule has 2 aromatic carbocycles. The lowest BCUT2D eigenvalue weighted by Gasteiger charge is -2.39. The summed E-state index contributed by atoms with van der Waals surface area (Å²) < 4.78 is 27.8. The third kappa shape index (κ3) is 5.28. The molecule has 208 valence electrons. The molecule has 8 heteroatoms. The Labute approximate surface area is 235 Å². The van der Waals surface area contributed by atoms with Crippen molar-refractivity contribution in [1.82, 2.24) is 9.97 Å². The van der Waals surface area contributed by atoms with Crippen LogP contribution in [0.2, 0.25) is 0 Å². The van der Waals surface area contributed by atoms with Crippen molar-refractivity contribution in [1.29, 1.82) is 0 Å². The van der Waals surface area contributed by atoms with E-state index in [-0.39, 0.29) is 10.9 Å². The van der Waals surface area contributed by atoms with Crippen LogP contribution in [0.1, 0.15) is 62.0 Å². The van der Waals surface area contributed by atoms with Crippen LogP contribution in [-0.2, 0) is 16.3 Å². The molecular weight excluding hydrogens is 522 g/mol. The van der Waals surface area contributed by atoms with Crippen molar-refractivity contribution < 1.29 is 13.5 Å². The molecule has 1 atom stereocenters. The summed E-state index contributed by atoms with van der Waals surface area (Å²) >= 11 is 0. The van der Waals surface area contributed by atoms with Crippen molar-refractivity contribution in [2.45, 2.75) is 68.2 Å². The van der Waals surface area contributed by atoms with E-state index < -0.39 is 26.0 Å². The number of H-pyrrole nitrogens is 1. The number of rotatable bonds is 8. The van der Waals surface area contributed by atoms with Gasteiger partial charge in [0, 0.05) is 29.7 Å². The highest BCUT2D eigenvalue weighted by Crippen LogP contribution is 2.43. The number of aromatic hydroxyl groups is 1. The summed E-state index contributed by atoms with van der Waals surface area (Å²) in [5.74, 6) is -0.468. The Morgan fingerprint density at radius 3 is 2.48 bits per heavy atom. The van der Waals surface area contributed by atoms with Gasteiger partial charge in [0.2, 0.25) is 9.84 Å². The number of aryl methyl sites for hydroxylation is 2. The van der Waals surface area contributed by atoms with E-state index in [1.807, 2.05) is 37.3 Å². The van der Waals surface area contributed by atoms with Crippen LogP contribution < -0.4 is 10.5 Å². The second-order valence-corrected chi connectivity index (χ2v) is 12.2. The first kappa shape index (κ1) is 27.6. The van der Waals surface area contributed by atoms with Gasteiger partial charge in [0.05, 0.1) is 10.9 Å². The van der Waals surface area contributed by atoms with Gasteiger partial charge in [-0.1, -0.05) is 61.9 Å². The van der Waals surface area contributed by atoms with E-state index in [1.54, 1.807) is 18.3 Å². The fourth-order valence-corrected chi connectivity index (χ4v) is 7.02. The lowest BCUT2D eigenvalue weighted by Crippen LogP contribution is -2.35. The van der Waals surface area contributed by atoms with Gasteiger partial charge >= 0.3 is 0 Å². The van der Waals surface area contributed by atoms with Crippen LogP contribution in [-0.4, -0.2) is 30.0 Å². The van der Waals surface area contributed by atoms with Crippen LogP contribution in [0.5, 0.6) is 5.75 Å². The second kappa shape index (κ2) is 11.7. The number of unbranched alkanes of at least 4 members (excludes halogenated alkanes) is 1. The molecule has 0 amide bonds. The van der Waals surface area contributed by atoms with E-state index in [4.69, 9.17) is 0 Å². The zero-order valence-corrected chi connectivity index (χ0v) is 23.7. The third-order valence-corrected chi connectivity index (χ3v) is 9.51. The first-order valence-electron chi connectivity index (χ1n) is 13.9. The van der Waals surface area contributed by atoms with Crippen molar-refractivity contribution in [3.05, 3.63) is 100 Å². The van der Waals surface area contributed by atoms with Gasteiger partial charge in [0.15, 0.2) is 10.6 Å². The van der Waals surface area contributed by atoms with Crippen molar-refractivity contribution in [3.63, 3.8) is 0 Å². The highest BCUT2D eigenvalue weighted by atomic mass is 32.2. The Balaban J connectivity index is 1.62. The Kier molecular flexibility index (Phi) is 8.07. The molecule has 7 nitrogen and oxygen atoms in total. The van der Waals surface area contributed by atoms with Crippen molar-refractivity contribution >= 4 is 15.5 Å². The van der Waals surface area contributed by atoms with Crippen LogP contribution in [0, 0.1) is 6.92 Å². The lowest BCUT2D eigenvalue weighted by molar-refractivity contribution is 0.431. The van der Waals surface area contributed by atoms with Crippen LogP contribution in [0.25, 0.3) is 11.1 Å². The molecule has 5 rings (SSSR count). The van der Waals surface area contributed by atoms with Crippen LogP contribution >= 0.6 is 0 Å². The largest absolute Gasteiger partial charge is 0.504 e. The molecule has 1 aliphatic heterocycles. The number of anilines is 1. The molecule has 2 aromatic heterocycles. The summed E-state index contributed by atoms with van der Waals surface area (Å²) in [4.78, 5) is 21.9. The van der Waals surface area contributed by atoms with Crippen molar-refractivity contribution in [3.8, 4) is 16.9 Å². The predicted molar refractivity (Wildman–Crippen MR) is 158 cm³/mol. The van der Waals surface area contributed by atoms with Gasteiger partial charge in [-0.3, -0.25) is 9.78 Å². The topological polar surface area (TPSA) is 103 Å². The minimum absolute atomic E-state index is 0.0373. The Hall–Kier alpha value is -3.91. The number of hydrogen-bond acceptors (Lipinski definition) is 6. The summed E-state index contributed by atoms with van der Waals surface area (Å²) in [6.07, 6.45) is 6.74. The van der Waals surface area contributed by atoms with E-state index in [2.05, 4.69) is 33.9 Å². The Bertz CT molecular complexity index is 1650. The molecule has 4 aromatic rings. The monoisotopic (exact) mass is 557 g/mol. The first-order valence-corrected chi connectivity index (χ1v) is 15.4. The molecule has 3 heterocycles. The maximum atomic E-state index is 13.9. The number of aromatic nitrogens is 2. The number of aromatic amines is 1. The van der Waals surface area contributed by atoms with Gasteiger partial charge in [0.1, 0.15) is 5.69 Å². The number of nitrogens with one attached hydrogen (secondary N) is 1. The number of hydrogen-bond donors (Lipinski definition) is 2. The second-order valence-electron chi connectivity index (χ2n) is 10.3. The van der Waals surface area contributed by atoms with Gasteiger partial charge in [-0.05, 0) is 68.4 Å². The average Bonchev–Trinajstić information content (AvgIpc) is 2.96. The summed E-state index contributed by atoms with van der Waals surface area (Å²) in [6, 6.07) is 20.1. The first-order chi connectivity index (χ1) is 19.3. The minimum Gasteiger partial charge on any atom is -0.504 e. The van der Waals surface area contributed by atoms with Gasteiger partial charge in [-0.15, -0.1) is 0 Å². The third-order valence-electron chi connectivity index (χ3n) is 7.70. The molecule has 1 aliphatic rings. The number of benzene rings is 2. The highest BCUT2D eigenvalue weighted by Gasteiger charge is 2.34. The van der Waals surface area contributed by atoms with E-state index in [9.17, 15) is 18.3 Å². The number of piperidine rings is 1. The lowest BCUT2D eigenvalue weighted by atomic mass is 9.94. The number of sulfone groups is 1. The van der Waals surface area contributed by atoms with Crippen LogP contribution in [0.4, 0.5) is 5.69 Å². The van der Waals surface area contributed by atoms with E-state index >= 15 is 0 Å². The van der Waals surface area contributed by atoms with Crippen molar-refractivity contribution in [2.24, 2.45) is 0 Å². The zero-order chi connectivity index (χ0) is 28.3. The van der Waals surface area contributed by atoms with Crippen molar-refractivity contribution in [2.75, 3.05) is 11.4 Å². The van der Waals surface area contributed by atoms with Crippen LogP contribution in [0.3, 0.4) is 0 Å². The molecular formula is C32H35N3O4S. The summed E-state index contributed by atoms with van der Waals surface area (Å²) in [5.41, 5.74) is 3.84. The Morgan fingerprint density at radius 2 is 1.77 bits per heavy atom. The molecule has 1 fully saturated rings. The van der Waals surface area contributed by atoms with E-state index in [1.165, 1.54) is 12.1 Å². The standard InChI is InChI=1S/C32H35N3O4S/c1-3-4-14-27-29(35-21-9-8-15-28(35)24-11-6-5-7-12-24)30(36)31(32(37)34-27)40(38,39)25-18-16-23(17-19-25)26-13-10-20-33-22(26)2/h5-7,10-13,16-20,28H,3-4,8-9,14-15,21H2,1-2H3,(H2,34,36,37). The van der Waals surface area contributed by atoms with E-state index in [0.29, 0.717) is 24.3 Å². The molecule has 1 saturated heterocycles. The molecule has 40 heavy (non-hydrogen) atoms. The van der Waals surface area contributed by atoms with Gasteiger partial charge in [-0.2, -0.15) is 0 Å². The van der Waals surface area contributed by atoms with E-state index in [0.717, 1.165) is 54.5 Å². The number of pyridine rings is 2. The fraction of sp³-hybridized carbons (Fsp3) is 0.312. The molecule has 2 N–H and O–H groups in total. The smallest absolute Gasteiger partial charge is 0.271 e. The predicted octanol–water partition coefficient (Wildman–Crippen LogP) is 6.36. The average molecular weight is 558 g/mol. The van der Waals surface area contributed by atoms with Crippen LogP contribution in [0.15, 0.2) is 87.5 Å². The fourth-order valence-electron chi connectivity index (χ4n) is 5.65. The molecule has 0 aliphatic carbocycles. The maximum absolute atomic E-state index is 13.9. The summed E-state index contributed by atoms with van der Waals surface area (Å²) in [7, 11) is -4.33. The quantitative estimate of drug-likeness (QED) is 0.261. The summed E-state index contributed by atoms with van der Waals surface area (Å²) in [6.45, 7) is 4.60. The van der Waals surface area contributed by atoms with Gasteiger partial charge in [-0.25, -0.2) is 8.42 Å². The van der Waals surface area contributed by atoms with Gasteiger partial charge < -0.3 is 15.0 Å². The SMILES string of the molecule is CCCCc1[nH]c(=O)c(S(=O)(=O)c2ccc(-c3cccnc3C)cc2)c(O)c1N1CCCCC1c1ccccc1. The maximum Gasteiger partial charge on any atom is 0.271 e. The molecule has 0 saturated carbocycles. The minimum atomic E-state index is -4.33. The molecule has 0 radical (unpaired) electrons. The Morgan fingerprint density at radius 1 is 1.02 bits per heavy atom. The number of nitrogens with zero attached hydrogens (tertiary/aromatic N) is 2. The molecule has 0 spiro atoms. The summed E-state index contributed by atoms with van der Waals surface area (Å²) in [5, 5.41) is 11.7. The molecule has 1 unspecified atom stereocenters. The highest BCUT2D eigenvalue weighted by molar-refractivity contribution is 7.91. The zero-order valence-electron chi connectivity index (χ0n) is 22.9.